The average molecular weight is 313 g/mol. The van der Waals surface area contributed by atoms with Crippen molar-refractivity contribution in [2.75, 3.05) is 0 Å². The van der Waals surface area contributed by atoms with Crippen LogP contribution in [0.2, 0.25) is 0 Å². The van der Waals surface area contributed by atoms with E-state index in [9.17, 15) is 19.5 Å². The number of ether oxygens (including phenoxy) is 2. The predicted molar refractivity (Wildman–Crippen MR) is 78.0 cm³/mol. The lowest BCUT2D eigenvalue weighted by molar-refractivity contribution is -0.164. The van der Waals surface area contributed by atoms with Gasteiger partial charge in [0.25, 0.3) is 5.91 Å². The number of rotatable bonds is 1. The van der Waals surface area contributed by atoms with Crippen LogP contribution >= 0.6 is 0 Å². The first-order valence-corrected chi connectivity index (χ1v) is 6.99. The Hall–Kier alpha value is -2.05. The normalized spacial score (nSPS) is 19.5. The summed E-state index contributed by atoms with van der Waals surface area (Å²) in [5, 5.41) is 9.58. The van der Waals surface area contributed by atoms with Gasteiger partial charge >= 0.3 is 12.1 Å². The quantitative estimate of drug-likeness (QED) is 0.747. The van der Waals surface area contributed by atoms with Gasteiger partial charge < -0.3 is 14.6 Å². The molecule has 1 aliphatic rings. The second kappa shape index (κ2) is 5.98. The summed E-state index contributed by atoms with van der Waals surface area (Å²) in [5.41, 5.74) is -1.60. The van der Waals surface area contributed by atoms with Crippen molar-refractivity contribution in [1.29, 1.82) is 0 Å². The largest absolute Gasteiger partial charge is 0.512 e. The van der Waals surface area contributed by atoms with Crippen molar-refractivity contribution in [3.63, 3.8) is 0 Å². The maximum Gasteiger partial charge on any atom is 0.418 e. The minimum absolute atomic E-state index is 0.195. The van der Waals surface area contributed by atoms with Gasteiger partial charge in [-0.1, -0.05) is 0 Å². The summed E-state index contributed by atoms with van der Waals surface area (Å²) in [6.45, 7) is 9.95. The van der Waals surface area contributed by atoms with Gasteiger partial charge in [-0.25, -0.2) is 14.5 Å². The van der Waals surface area contributed by atoms with E-state index in [1.165, 1.54) is 0 Å². The van der Waals surface area contributed by atoms with Crippen LogP contribution in [0, 0.1) is 0 Å². The molecule has 124 valence electrons. The number of aliphatic hydroxyl groups excluding tert-OH is 1. The average Bonchev–Trinajstić information content (AvgIpc) is 2.22. The van der Waals surface area contributed by atoms with E-state index in [0.717, 1.165) is 6.08 Å². The van der Waals surface area contributed by atoms with Crippen LogP contribution in [0.1, 0.15) is 48.0 Å². The van der Waals surface area contributed by atoms with E-state index in [4.69, 9.17) is 9.47 Å². The Labute approximate surface area is 129 Å². The van der Waals surface area contributed by atoms with Crippen molar-refractivity contribution in [2.24, 2.45) is 0 Å². The fourth-order valence-corrected chi connectivity index (χ4v) is 1.80. The first-order chi connectivity index (χ1) is 9.80. The highest BCUT2D eigenvalue weighted by molar-refractivity contribution is 6.03. The highest BCUT2D eigenvalue weighted by Crippen LogP contribution is 2.23. The molecule has 7 nitrogen and oxygen atoms in total. The number of hydrogen-bond acceptors (Lipinski definition) is 6. The van der Waals surface area contributed by atoms with Crippen LogP contribution in [-0.2, 0) is 19.1 Å². The van der Waals surface area contributed by atoms with E-state index in [0.29, 0.717) is 4.90 Å². The molecule has 22 heavy (non-hydrogen) atoms. The third kappa shape index (κ3) is 5.05. The highest BCUT2D eigenvalue weighted by atomic mass is 16.6. The van der Waals surface area contributed by atoms with Crippen molar-refractivity contribution in [3.05, 3.63) is 11.8 Å². The molecule has 0 saturated heterocycles. The first kappa shape index (κ1) is 18.0. The summed E-state index contributed by atoms with van der Waals surface area (Å²) in [6.07, 6.45) is -0.248. The molecule has 0 radical (unpaired) electrons. The zero-order valence-corrected chi connectivity index (χ0v) is 13.8. The lowest BCUT2D eigenvalue weighted by Crippen LogP contribution is -2.53. The molecule has 7 heteroatoms. The standard InChI is InChI=1S/C15H23NO6/c1-14(2,3)21-12(19)10-7-9(17)8-11(18)16(10)13(20)22-15(4,5)6/h8,10,17H,7H2,1-6H3. The number of hydrogen-bond donors (Lipinski definition) is 1. The molecule has 0 spiro atoms. The molecule has 2 amide bonds. The number of amides is 2. The SMILES string of the molecule is CC(C)(C)OC(=O)C1CC(O)=CC(=O)N1C(=O)OC(C)(C)C. The maximum absolute atomic E-state index is 12.2. The Bertz CT molecular complexity index is 509. The molecule has 0 fully saturated rings. The second-order valence-electron chi connectivity index (χ2n) is 7.08. The molecule has 1 N–H and O–H groups in total. The molecule has 0 aromatic carbocycles. The van der Waals surface area contributed by atoms with Crippen LogP contribution in [0.25, 0.3) is 0 Å². The summed E-state index contributed by atoms with van der Waals surface area (Å²) in [4.78, 5) is 37.1. The summed E-state index contributed by atoms with van der Waals surface area (Å²) >= 11 is 0. The topological polar surface area (TPSA) is 93.1 Å². The third-order valence-electron chi connectivity index (χ3n) is 2.51. The summed E-state index contributed by atoms with van der Waals surface area (Å²) in [5.74, 6) is -1.86. The molecule has 1 atom stereocenters. The van der Waals surface area contributed by atoms with Gasteiger partial charge in [0.15, 0.2) is 0 Å². The van der Waals surface area contributed by atoms with E-state index in [1.54, 1.807) is 41.5 Å². The van der Waals surface area contributed by atoms with Crippen LogP contribution in [0.15, 0.2) is 11.8 Å². The zero-order valence-electron chi connectivity index (χ0n) is 13.8. The van der Waals surface area contributed by atoms with Crippen molar-refractivity contribution in [2.45, 2.75) is 65.2 Å². The molecular formula is C15H23NO6. The van der Waals surface area contributed by atoms with Crippen LogP contribution in [0.4, 0.5) is 4.79 Å². The smallest absolute Gasteiger partial charge is 0.418 e. The lowest BCUT2D eigenvalue weighted by Gasteiger charge is -2.33. The van der Waals surface area contributed by atoms with Gasteiger partial charge in [0.05, 0.1) is 0 Å². The number of aliphatic hydroxyl groups is 1. The van der Waals surface area contributed by atoms with Gasteiger partial charge in [-0.2, -0.15) is 0 Å². The molecule has 0 bridgehead atoms. The van der Waals surface area contributed by atoms with E-state index in [2.05, 4.69) is 0 Å². The Balaban J connectivity index is 3.05. The number of carbonyl (C=O) groups excluding carboxylic acids is 3. The number of nitrogens with zero attached hydrogens (tertiary/aromatic N) is 1. The predicted octanol–water partition coefficient (Wildman–Crippen LogP) is 2.31. The molecule has 1 unspecified atom stereocenters. The highest BCUT2D eigenvalue weighted by Gasteiger charge is 2.42. The van der Waals surface area contributed by atoms with Crippen molar-refractivity contribution >= 4 is 18.0 Å². The van der Waals surface area contributed by atoms with E-state index in [-0.39, 0.29) is 12.2 Å². The van der Waals surface area contributed by atoms with Crippen LogP contribution < -0.4 is 0 Å². The Morgan fingerprint density at radius 2 is 1.64 bits per heavy atom. The minimum atomic E-state index is -1.24. The molecule has 0 saturated carbocycles. The van der Waals surface area contributed by atoms with Crippen molar-refractivity contribution in [3.8, 4) is 0 Å². The van der Waals surface area contributed by atoms with Gasteiger partial charge in [0.1, 0.15) is 23.0 Å². The monoisotopic (exact) mass is 313 g/mol. The van der Waals surface area contributed by atoms with Crippen LogP contribution in [0.5, 0.6) is 0 Å². The Kier molecular flexibility index (Phi) is 4.89. The first-order valence-electron chi connectivity index (χ1n) is 6.99. The molecule has 1 heterocycles. The molecule has 1 rings (SSSR count). The van der Waals surface area contributed by atoms with Crippen LogP contribution in [0.3, 0.4) is 0 Å². The Morgan fingerprint density at radius 3 is 2.09 bits per heavy atom. The summed E-state index contributed by atoms with van der Waals surface area (Å²) in [7, 11) is 0. The lowest BCUT2D eigenvalue weighted by atomic mass is 10.1. The fourth-order valence-electron chi connectivity index (χ4n) is 1.80. The zero-order chi connectivity index (χ0) is 17.3. The van der Waals surface area contributed by atoms with Gasteiger partial charge in [-0.15, -0.1) is 0 Å². The fraction of sp³-hybridized carbons (Fsp3) is 0.667. The van der Waals surface area contributed by atoms with E-state index >= 15 is 0 Å². The molecule has 0 aliphatic carbocycles. The van der Waals surface area contributed by atoms with Gasteiger partial charge in [-0.05, 0) is 41.5 Å². The molecule has 0 aromatic heterocycles. The minimum Gasteiger partial charge on any atom is -0.512 e. The van der Waals surface area contributed by atoms with E-state index < -0.39 is 35.2 Å². The maximum atomic E-state index is 12.2. The van der Waals surface area contributed by atoms with Gasteiger partial charge in [-0.3, -0.25) is 4.79 Å². The molecular weight excluding hydrogens is 290 g/mol. The van der Waals surface area contributed by atoms with E-state index in [1.807, 2.05) is 0 Å². The van der Waals surface area contributed by atoms with Crippen molar-refractivity contribution in [1.82, 2.24) is 4.90 Å². The number of esters is 1. The second-order valence-corrected chi connectivity index (χ2v) is 7.08. The third-order valence-corrected chi connectivity index (χ3v) is 2.51. The van der Waals surface area contributed by atoms with Crippen LogP contribution in [-0.4, -0.2) is 45.2 Å². The van der Waals surface area contributed by atoms with Gasteiger partial charge in [0, 0.05) is 12.5 Å². The van der Waals surface area contributed by atoms with Crippen molar-refractivity contribution < 1.29 is 29.0 Å². The summed E-state index contributed by atoms with van der Waals surface area (Å²) < 4.78 is 10.3. The molecule has 0 aromatic rings. The summed E-state index contributed by atoms with van der Waals surface area (Å²) in [6, 6.07) is -1.24. The Morgan fingerprint density at radius 1 is 1.14 bits per heavy atom. The molecule has 1 aliphatic heterocycles. The van der Waals surface area contributed by atoms with Gasteiger partial charge in [0.2, 0.25) is 0 Å². The number of imide groups is 1. The number of carbonyl (C=O) groups is 3.